The molecule has 0 aliphatic rings. The number of halogens is 1. The molecule has 7 heteroatoms. The van der Waals surface area contributed by atoms with E-state index in [1.165, 1.54) is 0 Å². The summed E-state index contributed by atoms with van der Waals surface area (Å²) in [6.07, 6.45) is 1.46. The lowest BCUT2D eigenvalue weighted by molar-refractivity contribution is -0.121. The van der Waals surface area contributed by atoms with Gasteiger partial charge in [-0.2, -0.15) is 0 Å². The lowest BCUT2D eigenvalue weighted by atomic mass is 10.1. The Bertz CT molecular complexity index is 620. The minimum atomic E-state index is 0. The largest absolute Gasteiger partial charge is 0.491 e. The molecule has 0 aliphatic heterocycles. The monoisotopic (exact) mass is 504 g/mol. The summed E-state index contributed by atoms with van der Waals surface area (Å²) in [6.45, 7) is 14.0. The zero-order valence-electron chi connectivity index (χ0n) is 18.1. The van der Waals surface area contributed by atoms with Crippen molar-refractivity contribution < 1.29 is 9.53 Å². The molecule has 0 spiro atoms. The van der Waals surface area contributed by atoms with Gasteiger partial charge in [0.15, 0.2) is 5.96 Å². The summed E-state index contributed by atoms with van der Waals surface area (Å²) in [7, 11) is 0. The first-order valence-corrected chi connectivity index (χ1v) is 9.93. The molecule has 0 saturated carbocycles. The Hall–Kier alpha value is -1.51. The smallest absolute Gasteiger partial charge is 0.221 e. The van der Waals surface area contributed by atoms with Crippen molar-refractivity contribution in [2.75, 3.05) is 13.1 Å². The maximum Gasteiger partial charge on any atom is 0.221 e. The molecule has 0 saturated heterocycles. The number of aliphatic imine (C=N–C) groups is 1. The number of benzene rings is 1. The van der Waals surface area contributed by atoms with E-state index in [2.05, 4.69) is 46.9 Å². The number of carbonyl (C=O) groups is 1. The average Bonchev–Trinajstić information content (AvgIpc) is 2.60. The third-order valence-corrected chi connectivity index (χ3v) is 4.00. The number of nitrogens with zero attached hydrogens (tertiary/aromatic N) is 1. The Morgan fingerprint density at radius 1 is 1.18 bits per heavy atom. The van der Waals surface area contributed by atoms with Crippen LogP contribution in [0.15, 0.2) is 23.2 Å². The molecule has 0 bridgehead atoms. The first-order valence-electron chi connectivity index (χ1n) is 9.93. The molecule has 0 radical (unpaired) electrons. The minimum Gasteiger partial charge on any atom is -0.491 e. The minimum absolute atomic E-state index is 0. The maximum absolute atomic E-state index is 11.9. The Balaban J connectivity index is 0.00000729. The summed E-state index contributed by atoms with van der Waals surface area (Å²) >= 11 is 0. The van der Waals surface area contributed by atoms with Crippen molar-refractivity contribution in [3.8, 4) is 5.75 Å². The number of nitrogens with one attached hydrogen (secondary N) is 3. The first-order chi connectivity index (χ1) is 12.8. The fraction of sp³-hybridized carbons (Fsp3) is 0.619. The van der Waals surface area contributed by atoms with E-state index < -0.39 is 0 Å². The van der Waals surface area contributed by atoms with Gasteiger partial charge in [-0.3, -0.25) is 4.79 Å². The van der Waals surface area contributed by atoms with Gasteiger partial charge in [0.2, 0.25) is 5.91 Å². The maximum atomic E-state index is 11.9. The summed E-state index contributed by atoms with van der Waals surface area (Å²) < 4.78 is 5.92. The molecule has 1 atom stereocenters. The zero-order chi connectivity index (χ0) is 20.2. The molecule has 0 aromatic heterocycles. The molecule has 0 heterocycles. The third kappa shape index (κ3) is 10.7. The van der Waals surface area contributed by atoms with Crippen LogP contribution < -0.4 is 20.7 Å². The van der Waals surface area contributed by atoms with E-state index in [-0.39, 0.29) is 42.0 Å². The number of hydrogen-bond acceptors (Lipinski definition) is 3. The van der Waals surface area contributed by atoms with Crippen LogP contribution in [0.4, 0.5) is 0 Å². The van der Waals surface area contributed by atoms with Gasteiger partial charge in [0, 0.05) is 31.1 Å². The molecule has 160 valence electrons. The van der Waals surface area contributed by atoms with Gasteiger partial charge < -0.3 is 20.7 Å². The van der Waals surface area contributed by atoms with Crippen LogP contribution in [-0.4, -0.2) is 37.1 Å². The Labute approximate surface area is 187 Å². The van der Waals surface area contributed by atoms with Crippen LogP contribution in [0.5, 0.6) is 5.75 Å². The fourth-order valence-corrected chi connectivity index (χ4v) is 2.41. The number of ether oxygens (including phenoxy) is 1. The van der Waals surface area contributed by atoms with Gasteiger partial charge >= 0.3 is 0 Å². The number of rotatable bonds is 10. The second kappa shape index (κ2) is 14.5. The topological polar surface area (TPSA) is 74.8 Å². The van der Waals surface area contributed by atoms with Gasteiger partial charge in [0.1, 0.15) is 5.75 Å². The van der Waals surface area contributed by atoms with Gasteiger partial charge in [-0.15, -0.1) is 24.0 Å². The highest BCUT2D eigenvalue weighted by Crippen LogP contribution is 2.22. The van der Waals surface area contributed by atoms with Crippen LogP contribution in [-0.2, 0) is 11.3 Å². The van der Waals surface area contributed by atoms with Crippen molar-refractivity contribution in [1.29, 1.82) is 0 Å². The average molecular weight is 504 g/mol. The summed E-state index contributed by atoms with van der Waals surface area (Å²) in [4.78, 5) is 16.5. The molecule has 1 aromatic carbocycles. The van der Waals surface area contributed by atoms with Crippen molar-refractivity contribution >= 4 is 35.8 Å². The molecular formula is C21H37IN4O2. The summed E-state index contributed by atoms with van der Waals surface area (Å²) in [5, 5.41) is 9.41. The van der Waals surface area contributed by atoms with Crippen LogP contribution >= 0.6 is 24.0 Å². The van der Waals surface area contributed by atoms with Crippen LogP contribution in [0.3, 0.4) is 0 Å². The summed E-state index contributed by atoms with van der Waals surface area (Å²) in [5.41, 5.74) is 2.21. The molecule has 1 unspecified atom stereocenters. The van der Waals surface area contributed by atoms with Gasteiger partial charge in [-0.1, -0.05) is 19.1 Å². The second-order valence-corrected chi connectivity index (χ2v) is 7.03. The van der Waals surface area contributed by atoms with Crippen molar-refractivity contribution in [2.24, 2.45) is 4.99 Å². The van der Waals surface area contributed by atoms with E-state index >= 15 is 0 Å². The molecule has 0 aliphatic carbocycles. The standard InChI is InChI=1S/C21H36N4O2.HI/c1-7-17(6)25-20(26)11-12-23-21(22-8-2)24-14-18-10-9-16(5)13-19(18)27-15(3)4;/h9-10,13,15,17H,7-8,11-12,14H2,1-6H3,(H,25,26)(H2,22,23,24);1H. The van der Waals surface area contributed by atoms with Gasteiger partial charge in [-0.05, 0) is 52.7 Å². The van der Waals surface area contributed by atoms with Gasteiger partial charge in [0.25, 0.3) is 0 Å². The molecule has 28 heavy (non-hydrogen) atoms. The van der Waals surface area contributed by atoms with E-state index in [0.717, 1.165) is 29.8 Å². The third-order valence-electron chi connectivity index (χ3n) is 4.00. The number of carbonyl (C=O) groups excluding carboxylic acids is 1. The second-order valence-electron chi connectivity index (χ2n) is 7.03. The van der Waals surface area contributed by atoms with Crippen molar-refractivity contribution in [3.63, 3.8) is 0 Å². The van der Waals surface area contributed by atoms with Crippen molar-refractivity contribution in [1.82, 2.24) is 16.0 Å². The molecule has 3 N–H and O–H groups in total. The SMILES string of the molecule is CCNC(=NCc1ccc(C)cc1OC(C)C)NCCC(=O)NC(C)CC.I. The highest BCUT2D eigenvalue weighted by molar-refractivity contribution is 14.0. The zero-order valence-corrected chi connectivity index (χ0v) is 20.4. The Kier molecular flexibility index (Phi) is 13.7. The summed E-state index contributed by atoms with van der Waals surface area (Å²) in [6, 6.07) is 6.38. The predicted octanol–water partition coefficient (Wildman–Crippen LogP) is 3.76. The lowest BCUT2D eigenvalue weighted by Gasteiger charge is -2.15. The highest BCUT2D eigenvalue weighted by atomic mass is 127. The molecule has 0 fully saturated rings. The van der Waals surface area contributed by atoms with Gasteiger partial charge in [0.05, 0.1) is 12.6 Å². The van der Waals surface area contributed by atoms with E-state index in [9.17, 15) is 4.79 Å². The molecule has 1 amide bonds. The predicted molar refractivity (Wildman–Crippen MR) is 128 cm³/mol. The Morgan fingerprint density at radius 3 is 2.50 bits per heavy atom. The quantitative estimate of drug-likeness (QED) is 0.258. The fourth-order valence-electron chi connectivity index (χ4n) is 2.41. The molecular weight excluding hydrogens is 467 g/mol. The number of aryl methyl sites for hydroxylation is 1. The van der Waals surface area contributed by atoms with E-state index in [4.69, 9.17) is 4.74 Å². The summed E-state index contributed by atoms with van der Waals surface area (Å²) in [5.74, 6) is 1.63. The molecule has 1 rings (SSSR count). The van der Waals surface area contributed by atoms with Gasteiger partial charge in [-0.25, -0.2) is 4.99 Å². The van der Waals surface area contributed by atoms with Crippen LogP contribution in [0.25, 0.3) is 0 Å². The number of guanidine groups is 1. The lowest BCUT2D eigenvalue weighted by Crippen LogP contribution is -2.40. The molecule has 1 aromatic rings. The first kappa shape index (κ1) is 26.5. The van der Waals surface area contributed by atoms with E-state index in [0.29, 0.717) is 25.5 Å². The highest BCUT2D eigenvalue weighted by Gasteiger charge is 2.08. The van der Waals surface area contributed by atoms with Crippen molar-refractivity contribution in [3.05, 3.63) is 29.3 Å². The van der Waals surface area contributed by atoms with E-state index in [1.807, 2.05) is 33.8 Å². The normalized spacial score (nSPS) is 12.2. The number of amides is 1. The van der Waals surface area contributed by atoms with Crippen LogP contribution in [0.1, 0.15) is 58.6 Å². The number of hydrogen-bond donors (Lipinski definition) is 3. The van der Waals surface area contributed by atoms with Crippen molar-refractivity contribution in [2.45, 2.75) is 73.1 Å². The van der Waals surface area contributed by atoms with Crippen LogP contribution in [0, 0.1) is 6.92 Å². The van der Waals surface area contributed by atoms with E-state index in [1.54, 1.807) is 0 Å². The van der Waals surface area contributed by atoms with Crippen LogP contribution in [0.2, 0.25) is 0 Å². The molecule has 6 nitrogen and oxygen atoms in total. The Morgan fingerprint density at radius 2 is 1.89 bits per heavy atom.